The Hall–Kier alpha value is -3.08. The monoisotopic (exact) mass is 551 g/mol. The van der Waals surface area contributed by atoms with Crippen molar-refractivity contribution in [1.82, 2.24) is 4.98 Å². The number of carboxylic acid groups (broad SMARTS) is 1. The zero-order chi connectivity index (χ0) is 29.1. The lowest BCUT2D eigenvalue weighted by molar-refractivity contribution is -0.141. The fraction of sp³-hybridized carbons (Fsp3) is 0.500. The zero-order valence-electron chi connectivity index (χ0n) is 24.5. The van der Waals surface area contributed by atoms with E-state index in [1.165, 1.54) is 0 Å². The molecule has 0 bridgehead atoms. The van der Waals surface area contributed by atoms with Crippen LogP contribution in [0.25, 0.3) is 0 Å². The number of nitrogens with one attached hydrogen (secondary N) is 1. The maximum atomic E-state index is 12.8. The topological polar surface area (TPSA) is 84.9 Å². The van der Waals surface area contributed by atoms with Crippen molar-refractivity contribution in [3.05, 3.63) is 71.8 Å². The van der Waals surface area contributed by atoms with Gasteiger partial charge in [0.05, 0.1) is 12.0 Å². The molecule has 2 aromatic rings. The van der Waals surface area contributed by atoms with Gasteiger partial charge in [0.25, 0.3) is 0 Å². The summed E-state index contributed by atoms with van der Waals surface area (Å²) in [5, 5.41) is 9.91. The van der Waals surface area contributed by atoms with E-state index in [2.05, 4.69) is 37.6 Å². The van der Waals surface area contributed by atoms with E-state index in [9.17, 15) is 14.7 Å². The Morgan fingerprint density at radius 3 is 2.08 bits per heavy atom. The number of benzene rings is 2. The van der Waals surface area contributed by atoms with E-state index in [1.54, 1.807) is 0 Å². The van der Waals surface area contributed by atoms with Gasteiger partial charge in [-0.3, -0.25) is 4.79 Å². The second-order valence-corrected chi connectivity index (χ2v) is 15.8. The highest BCUT2D eigenvalue weighted by Crippen LogP contribution is 2.30. The molecule has 3 unspecified atom stereocenters. The van der Waals surface area contributed by atoms with Crippen LogP contribution < -0.4 is 4.98 Å². The van der Waals surface area contributed by atoms with Gasteiger partial charge in [-0.15, -0.1) is 0 Å². The molecular weight excluding hydrogens is 506 g/mol. The standard InChI is InChI=1S/C32H45NO5Si/c1-31(2,3)24-39(7,33-30(36)37-32(4,5)6)38-28(23-26-17-12-9-13-18-26)22-21-27(29(34)35)20-14-19-25-15-10-8-11-16-25/h8-13,15-18,27-28H,20-24H2,1-7H3,(H,33,36)(H,34,35). The van der Waals surface area contributed by atoms with Crippen molar-refractivity contribution in [1.29, 1.82) is 0 Å². The van der Waals surface area contributed by atoms with Gasteiger partial charge in [-0.05, 0) is 75.7 Å². The molecule has 0 radical (unpaired) electrons. The summed E-state index contributed by atoms with van der Waals surface area (Å²) in [6.45, 7) is 13.9. The van der Waals surface area contributed by atoms with E-state index in [0.717, 1.165) is 11.1 Å². The summed E-state index contributed by atoms with van der Waals surface area (Å²) in [4.78, 5) is 28.0. The molecule has 0 aliphatic heterocycles. The number of carbonyl (C=O) groups is 2. The summed E-state index contributed by atoms with van der Waals surface area (Å²) in [5.74, 6) is 4.63. The summed E-state index contributed by atoms with van der Waals surface area (Å²) < 4.78 is 12.4. The number of carboxylic acids is 1. The number of hydrogen-bond donors (Lipinski definition) is 2. The molecule has 0 saturated carbocycles. The fourth-order valence-electron chi connectivity index (χ4n) is 4.59. The Morgan fingerprint density at radius 1 is 0.949 bits per heavy atom. The molecule has 2 N–H and O–H groups in total. The molecule has 3 atom stereocenters. The summed E-state index contributed by atoms with van der Waals surface area (Å²) in [6.07, 6.45) is 1.06. The first-order chi connectivity index (χ1) is 18.1. The predicted octanol–water partition coefficient (Wildman–Crippen LogP) is 7.18. The lowest BCUT2D eigenvalue weighted by atomic mass is 9.95. The molecule has 39 heavy (non-hydrogen) atoms. The van der Waals surface area contributed by atoms with Crippen molar-refractivity contribution in [3.8, 4) is 11.8 Å². The minimum absolute atomic E-state index is 0.0933. The van der Waals surface area contributed by atoms with Crippen LogP contribution in [0.15, 0.2) is 60.7 Å². The van der Waals surface area contributed by atoms with Crippen molar-refractivity contribution >= 4 is 20.5 Å². The molecule has 0 aliphatic rings. The van der Waals surface area contributed by atoms with Crippen molar-refractivity contribution in [2.75, 3.05) is 0 Å². The average molecular weight is 552 g/mol. The van der Waals surface area contributed by atoms with Crippen LogP contribution in [0.1, 0.15) is 71.9 Å². The molecule has 0 saturated heterocycles. The molecule has 2 rings (SSSR count). The van der Waals surface area contributed by atoms with Gasteiger partial charge in [0.1, 0.15) is 5.60 Å². The minimum atomic E-state index is -2.83. The third kappa shape index (κ3) is 13.5. The molecule has 0 heterocycles. The molecule has 0 spiro atoms. The SMILES string of the molecule is CC(C)(C)C[Si](C)(NC(=O)OC(C)(C)C)OC(CCC(CC#Cc1ccccc1)C(=O)O)Cc1ccccc1. The van der Waals surface area contributed by atoms with Crippen LogP contribution in [-0.4, -0.2) is 37.4 Å². The second kappa shape index (κ2) is 14.3. The smallest absolute Gasteiger partial charge is 0.401 e. The minimum Gasteiger partial charge on any atom is -0.481 e. The van der Waals surface area contributed by atoms with Crippen molar-refractivity contribution in [2.24, 2.45) is 11.3 Å². The fourth-order valence-corrected chi connectivity index (χ4v) is 8.27. The highest BCUT2D eigenvalue weighted by atomic mass is 28.4. The number of hydrogen-bond acceptors (Lipinski definition) is 4. The van der Waals surface area contributed by atoms with Gasteiger partial charge in [-0.1, -0.05) is 81.1 Å². The van der Waals surface area contributed by atoms with Crippen molar-refractivity contribution in [3.63, 3.8) is 0 Å². The highest BCUT2D eigenvalue weighted by molar-refractivity contribution is 6.72. The lowest BCUT2D eigenvalue weighted by Crippen LogP contribution is -2.58. The first-order valence-electron chi connectivity index (χ1n) is 13.6. The van der Waals surface area contributed by atoms with Gasteiger partial charge in [0.15, 0.2) is 0 Å². The van der Waals surface area contributed by atoms with Crippen LogP contribution in [0.4, 0.5) is 4.79 Å². The van der Waals surface area contributed by atoms with E-state index < -0.39 is 32.1 Å². The first kappa shape index (κ1) is 32.1. The van der Waals surface area contributed by atoms with Gasteiger partial charge < -0.3 is 19.3 Å². The Morgan fingerprint density at radius 2 is 1.54 bits per heavy atom. The van der Waals surface area contributed by atoms with E-state index in [1.807, 2.05) is 88.0 Å². The maximum Gasteiger partial charge on any atom is 0.401 e. The van der Waals surface area contributed by atoms with Crippen LogP contribution in [-0.2, 0) is 20.4 Å². The summed E-state index contributed by atoms with van der Waals surface area (Å²) in [5.41, 5.74) is 1.25. The van der Waals surface area contributed by atoms with E-state index in [4.69, 9.17) is 9.16 Å². The highest BCUT2D eigenvalue weighted by Gasteiger charge is 2.40. The van der Waals surface area contributed by atoms with Gasteiger partial charge in [0.2, 0.25) is 0 Å². The van der Waals surface area contributed by atoms with Gasteiger partial charge >= 0.3 is 20.5 Å². The van der Waals surface area contributed by atoms with Crippen LogP contribution >= 0.6 is 0 Å². The van der Waals surface area contributed by atoms with Gasteiger partial charge in [-0.25, -0.2) is 4.79 Å². The van der Waals surface area contributed by atoms with Crippen LogP contribution in [0.3, 0.4) is 0 Å². The first-order valence-corrected chi connectivity index (χ1v) is 16.3. The molecule has 0 aromatic heterocycles. The summed E-state index contributed by atoms with van der Waals surface area (Å²) >= 11 is 0. The quantitative estimate of drug-likeness (QED) is 0.228. The number of ether oxygens (including phenoxy) is 1. The van der Waals surface area contributed by atoms with E-state index in [-0.39, 0.29) is 17.9 Å². The molecule has 0 aliphatic carbocycles. The number of amides is 1. The number of rotatable bonds is 11. The van der Waals surface area contributed by atoms with E-state index in [0.29, 0.717) is 25.3 Å². The number of carbonyl (C=O) groups excluding carboxylic acids is 1. The molecule has 6 nitrogen and oxygen atoms in total. The van der Waals surface area contributed by atoms with Crippen LogP contribution in [0.2, 0.25) is 12.6 Å². The van der Waals surface area contributed by atoms with Gasteiger partial charge in [0, 0.05) is 12.0 Å². The predicted molar refractivity (Wildman–Crippen MR) is 159 cm³/mol. The molecule has 0 fully saturated rings. The zero-order valence-corrected chi connectivity index (χ0v) is 25.5. The molecule has 212 valence electrons. The van der Waals surface area contributed by atoms with Crippen LogP contribution in [0.5, 0.6) is 0 Å². The maximum absolute atomic E-state index is 12.8. The Balaban J connectivity index is 2.23. The van der Waals surface area contributed by atoms with Crippen molar-refractivity contribution in [2.45, 2.75) is 91.5 Å². The Labute approximate surface area is 235 Å². The second-order valence-electron chi connectivity index (χ2n) is 12.5. The normalized spacial score (nSPS) is 14.7. The molecule has 2 aromatic carbocycles. The third-order valence-corrected chi connectivity index (χ3v) is 9.23. The number of aliphatic carboxylic acids is 1. The lowest BCUT2D eigenvalue weighted by Gasteiger charge is -2.37. The van der Waals surface area contributed by atoms with Gasteiger partial charge in [-0.2, -0.15) is 0 Å². The Kier molecular flexibility index (Phi) is 11.8. The summed E-state index contributed by atoms with van der Waals surface area (Å²) in [6, 6.07) is 20.3. The molecule has 1 amide bonds. The largest absolute Gasteiger partial charge is 0.481 e. The van der Waals surface area contributed by atoms with Crippen LogP contribution in [0, 0.1) is 23.2 Å². The molecular formula is C32H45NO5Si. The Bertz CT molecular complexity index is 1110. The van der Waals surface area contributed by atoms with Crippen molar-refractivity contribution < 1.29 is 23.9 Å². The van der Waals surface area contributed by atoms with E-state index >= 15 is 0 Å². The average Bonchev–Trinajstić information content (AvgIpc) is 2.79. The third-order valence-electron chi connectivity index (χ3n) is 5.91. The summed E-state index contributed by atoms with van der Waals surface area (Å²) in [7, 11) is -2.83. The molecule has 7 heteroatoms.